The fourth-order valence-electron chi connectivity index (χ4n) is 2.70. The smallest absolute Gasteiger partial charge is 0.324 e. The minimum Gasteiger partial charge on any atom is -0.352 e. The number of urea groups is 1. The normalized spacial score (nSPS) is 10.2. The highest BCUT2D eigenvalue weighted by atomic mass is 16.2. The number of nitrogens with zero attached hydrogens (tertiary/aromatic N) is 3. The lowest BCUT2D eigenvalue weighted by atomic mass is 10.1. The van der Waals surface area contributed by atoms with Gasteiger partial charge < -0.3 is 10.6 Å². The van der Waals surface area contributed by atoms with Crippen molar-refractivity contribution in [2.45, 2.75) is 19.8 Å². The summed E-state index contributed by atoms with van der Waals surface area (Å²) in [6, 6.07) is 10.5. The quantitative estimate of drug-likeness (QED) is 0.537. The number of aryl methyl sites for hydroxylation is 2. The van der Waals surface area contributed by atoms with E-state index < -0.39 is 6.03 Å². The summed E-state index contributed by atoms with van der Waals surface area (Å²) in [6.45, 7) is 2.39. The monoisotopic (exact) mass is 390 g/mol. The van der Waals surface area contributed by atoms with Gasteiger partial charge in [-0.2, -0.15) is 0 Å². The van der Waals surface area contributed by atoms with E-state index in [1.165, 1.54) is 18.6 Å². The van der Waals surface area contributed by atoms with Crippen LogP contribution in [-0.2, 0) is 6.42 Å². The summed E-state index contributed by atoms with van der Waals surface area (Å²) in [5.41, 5.74) is 2.94. The summed E-state index contributed by atoms with van der Waals surface area (Å²) in [4.78, 5) is 36.5. The van der Waals surface area contributed by atoms with Crippen molar-refractivity contribution in [3.8, 4) is 0 Å². The molecule has 2 aromatic heterocycles. The molecule has 1 aromatic carbocycles. The molecule has 3 N–H and O–H groups in total. The fraction of sp³-hybridized carbons (Fsp3) is 0.190. The zero-order valence-electron chi connectivity index (χ0n) is 16.1. The molecule has 0 aliphatic carbocycles. The lowest BCUT2D eigenvalue weighted by Gasteiger charge is -2.11. The van der Waals surface area contributed by atoms with E-state index in [1.807, 2.05) is 25.1 Å². The van der Waals surface area contributed by atoms with Gasteiger partial charge in [0.05, 0.1) is 6.20 Å². The summed E-state index contributed by atoms with van der Waals surface area (Å²) in [5, 5.41) is 8.24. The first-order valence-corrected chi connectivity index (χ1v) is 9.24. The highest BCUT2D eigenvalue weighted by Gasteiger charge is 2.10. The number of anilines is 2. The Morgan fingerprint density at radius 2 is 1.90 bits per heavy atom. The second kappa shape index (κ2) is 9.93. The molecule has 0 atom stereocenters. The van der Waals surface area contributed by atoms with Crippen LogP contribution in [0, 0.1) is 6.92 Å². The number of rotatable bonds is 7. The first kappa shape index (κ1) is 19.9. The van der Waals surface area contributed by atoms with Crippen LogP contribution in [0.2, 0.25) is 0 Å². The van der Waals surface area contributed by atoms with Crippen molar-refractivity contribution >= 4 is 23.4 Å². The zero-order chi connectivity index (χ0) is 20.5. The van der Waals surface area contributed by atoms with E-state index in [0.29, 0.717) is 23.6 Å². The second-order valence-electron chi connectivity index (χ2n) is 6.38. The third-order valence-corrected chi connectivity index (χ3v) is 4.16. The van der Waals surface area contributed by atoms with E-state index in [4.69, 9.17) is 0 Å². The lowest BCUT2D eigenvalue weighted by Crippen LogP contribution is -2.25. The van der Waals surface area contributed by atoms with Gasteiger partial charge in [-0.3, -0.25) is 20.1 Å². The first-order chi connectivity index (χ1) is 14.1. The van der Waals surface area contributed by atoms with Crippen LogP contribution in [0.1, 0.15) is 28.0 Å². The van der Waals surface area contributed by atoms with Crippen molar-refractivity contribution < 1.29 is 9.59 Å². The number of aromatic nitrogens is 3. The molecule has 8 nitrogen and oxygen atoms in total. The number of carbonyl (C=O) groups excluding carboxylic acids is 2. The highest BCUT2D eigenvalue weighted by Crippen LogP contribution is 2.17. The summed E-state index contributed by atoms with van der Waals surface area (Å²) < 4.78 is 0. The van der Waals surface area contributed by atoms with Gasteiger partial charge in [0.25, 0.3) is 5.91 Å². The number of benzene rings is 1. The van der Waals surface area contributed by atoms with Crippen LogP contribution in [0.15, 0.2) is 61.2 Å². The summed E-state index contributed by atoms with van der Waals surface area (Å²) >= 11 is 0. The molecule has 0 radical (unpaired) electrons. The number of pyridine rings is 1. The zero-order valence-corrected chi connectivity index (χ0v) is 16.1. The van der Waals surface area contributed by atoms with Gasteiger partial charge in [0, 0.05) is 42.1 Å². The van der Waals surface area contributed by atoms with E-state index in [1.54, 1.807) is 24.4 Å². The Morgan fingerprint density at radius 3 is 2.62 bits per heavy atom. The molecule has 0 saturated heterocycles. The van der Waals surface area contributed by atoms with E-state index in [-0.39, 0.29) is 5.91 Å². The van der Waals surface area contributed by atoms with Gasteiger partial charge in [-0.1, -0.05) is 6.07 Å². The molecule has 0 aliphatic rings. The summed E-state index contributed by atoms with van der Waals surface area (Å²) in [6.07, 6.45) is 7.85. The molecule has 0 aliphatic heterocycles. The Balaban J connectivity index is 1.49. The number of nitrogens with one attached hydrogen (secondary N) is 3. The standard InChI is InChI=1S/C21H22N6O2/c1-15-13-16(20(28)25-10-4-6-17-5-2-3-9-23-17)7-8-18(15)26-21(29)27-19-14-22-11-12-24-19/h2-3,5,7-9,11-14H,4,6,10H2,1H3,(H,25,28)(H2,24,26,27,29). The van der Waals surface area contributed by atoms with Crippen molar-refractivity contribution in [2.75, 3.05) is 17.2 Å². The summed E-state index contributed by atoms with van der Waals surface area (Å²) in [5.74, 6) is 0.203. The third-order valence-electron chi connectivity index (χ3n) is 4.16. The van der Waals surface area contributed by atoms with Gasteiger partial charge in [-0.05, 0) is 55.7 Å². The molecular formula is C21H22N6O2. The predicted octanol–water partition coefficient (Wildman–Crippen LogP) is 3.19. The van der Waals surface area contributed by atoms with Gasteiger partial charge in [-0.15, -0.1) is 0 Å². The minimum atomic E-state index is -0.430. The molecule has 3 aromatic rings. The number of carbonyl (C=O) groups is 2. The fourth-order valence-corrected chi connectivity index (χ4v) is 2.70. The molecule has 148 valence electrons. The van der Waals surface area contributed by atoms with Crippen LogP contribution in [0.5, 0.6) is 0 Å². The number of hydrogen-bond donors (Lipinski definition) is 3. The molecular weight excluding hydrogens is 368 g/mol. The van der Waals surface area contributed by atoms with E-state index >= 15 is 0 Å². The number of amides is 3. The van der Waals surface area contributed by atoms with Crippen LogP contribution >= 0.6 is 0 Å². The van der Waals surface area contributed by atoms with E-state index in [0.717, 1.165) is 24.1 Å². The first-order valence-electron chi connectivity index (χ1n) is 9.24. The molecule has 0 unspecified atom stereocenters. The van der Waals surface area contributed by atoms with Crippen LogP contribution in [0.25, 0.3) is 0 Å². The maximum atomic E-state index is 12.3. The maximum absolute atomic E-state index is 12.3. The average Bonchev–Trinajstić information content (AvgIpc) is 2.74. The van der Waals surface area contributed by atoms with Crippen molar-refractivity contribution in [2.24, 2.45) is 0 Å². The van der Waals surface area contributed by atoms with Crippen molar-refractivity contribution in [3.05, 3.63) is 78.0 Å². The highest BCUT2D eigenvalue weighted by molar-refractivity contribution is 6.00. The molecule has 0 bridgehead atoms. The van der Waals surface area contributed by atoms with Crippen molar-refractivity contribution in [3.63, 3.8) is 0 Å². The molecule has 29 heavy (non-hydrogen) atoms. The van der Waals surface area contributed by atoms with Gasteiger partial charge in [0.15, 0.2) is 5.82 Å². The Hall–Kier alpha value is -3.81. The molecule has 3 amide bonds. The second-order valence-corrected chi connectivity index (χ2v) is 6.38. The Kier molecular flexibility index (Phi) is 6.83. The van der Waals surface area contributed by atoms with Gasteiger partial charge in [0.1, 0.15) is 0 Å². The van der Waals surface area contributed by atoms with Crippen LogP contribution in [-0.4, -0.2) is 33.4 Å². The predicted molar refractivity (Wildman–Crippen MR) is 111 cm³/mol. The van der Waals surface area contributed by atoms with Crippen molar-refractivity contribution in [1.29, 1.82) is 0 Å². The molecule has 2 heterocycles. The van der Waals surface area contributed by atoms with Crippen LogP contribution in [0.4, 0.5) is 16.3 Å². The molecule has 8 heteroatoms. The Labute approximate surface area is 168 Å². The third kappa shape index (κ3) is 6.10. The van der Waals surface area contributed by atoms with Gasteiger partial charge >= 0.3 is 6.03 Å². The SMILES string of the molecule is Cc1cc(C(=O)NCCCc2ccccn2)ccc1NC(=O)Nc1cnccn1. The van der Waals surface area contributed by atoms with Gasteiger partial charge in [0.2, 0.25) is 0 Å². The Morgan fingerprint density at radius 1 is 1.00 bits per heavy atom. The average molecular weight is 390 g/mol. The minimum absolute atomic E-state index is 0.148. The molecule has 3 rings (SSSR count). The maximum Gasteiger partial charge on any atom is 0.324 e. The number of hydrogen-bond acceptors (Lipinski definition) is 5. The van der Waals surface area contributed by atoms with E-state index in [2.05, 4.69) is 30.9 Å². The van der Waals surface area contributed by atoms with Crippen LogP contribution < -0.4 is 16.0 Å². The van der Waals surface area contributed by atoms with Crippen molar-refractivity contribution in [1.82, 2.24) is 20.3 Å². The molecule has 0 spiro atoms. The van der Waals surface area contributed by atoms with E-state index in [9.17, 15) is 9.59 Å². The molecule has 0 fully saturated rings. The lowest BCUT2D eigenvalue weighted by molar-refractivity contribution is 0.0953. The largest absolute Gasteiger partial charge is 0.352 e. The van der Waals surface area contributed by atoms with Gasteiger partial charge in [-0.25, -0.2) is 9.78 Å². The summed E-state index contributed by atoms with van der Waals surface area (Å²) in [7, 11) is 0. The molecule has 0 saturated carbocycles. The van der Waals surface area contributed by atoms with Crippen LogP contribution in [0.3, 0.4) is 0 Å². The topological polar surface area (TPSA) is 109 Å². The Bertz CT molecular complexity index is 963.